The Morgan fingerprint density at radius 2 is 1.79 bits per heavy atom. The first-order chi connectivity index (χ1) is 11.4. The maximum atomic E-state index is 11.8. The number of unbranched alkanes of at least 4 members (excludes halogenated alkanes) is 2. The van der Waals surface area contributed by atoms with Crippen molar-refractivity contribution in [3.05, 3.63) is 29.8 Å². The highest BCUT2D eigenvalue weighted by Gasteiger charge is 2.07. The van der Waals surface area contributed by atoms with Gasteiger partial charge in [0.2, 0.25) is 0 Å². The zero-order valence-corrected chi connectivity index (χ0v) is 15.2. The van der Waals surface area contributed by atoms with E-state index in [1.165, 1.54) is 12.0 Å². The summed E-state index contributed by atoms with van der Waals surface area (Å²) < 4.78 is 4.59. The zero-order valence-electron chi connectivity index (χ0n) is 14.4. The van der Waals surface area contributed by atoms with Gasteiger partial charge in [-0.05, 0) is 49.3 Å². The van der Waals surface area contributed by atoms with Gasteiger partial charge in [0, 0.05) is 38.3 Å². The largest absolute Gasteiger partial charge is 0.469 e. The van der Waals surface area contributed by atoms with Gasteiger partial charge in [-0.25, -0.2) is 0 Å². The van der Waals surface area contributed by atoms with Gasteiger partial charge in [-0.1, -0.05) is 6.42 Å². The molecule has 0 heterocycles. The maximum Gasteiger partial charge on any atom is 0.305 e. The number of hydrogen-bond acceptors (Lipinski definition) is 4. The molecule has 7 heteroatoms. The van der Waals surface area contributed by atoms with Crippen LogP contribution in [0.5, 0.6) is 0 Å². The Hall–Kier alpha value is -2.15. The molecular weight excluding hydrogens is 326 g/mol. The number of amides is 1. The van der Waals surface area contributed by atoms with Gasteiger partial charge in [0.1, 0.15) is 0 Å². The molecule has 1 aromatic carbocycles. The minimum absolute atomic E-state index is 0.0331. The third-order valence-electron chi connectivity index (χ3n) is 3.37. The van der Waals surface area contributed by atoms with Crippen LogP contribution >= 0.6 is 12.2 Å². The molecule has 1 amide bonds. The van der Waals surface area contributed by atoms with Gasteiger partial charge in [0.05, 0.1) is 7.11 Å². The number of nitrogens with zero attached hydrogens (tertiary/aromatic N) is 1. The third kappa shape index (κ3) is 7.41. The lowest BCUT2D eigenvalue weighted by Crippen LogP contribution is -2.29. The Morgan fingerprint density at radius 3 is 2.38 bits per heavy atom. The van der Waals surface area contributed by atoms with Gasteiger partial charge in [-0.3, -0.25) is 9.59 Å². The molecular formula is C17H25N3O3S. The fourth-order valence-corrected chi connectivity index (χ4v) is 2.22. The van der Waals surface area contributed by atoms with Crippen LogP contribution in [0.4, 0.5) is 5.69 Å². The number of carbonyl (C=O) groups is 2. The van der Waals surface area contributed by atoms with E-state index in [1.807, 2.05) is 12.1 Å². The summed E-state index contributed by atoms with van der Waals surface area (Å²) in [6, 6.07) is 7.17. The fraction of sp³-hybridized carbons (Fsp3) is 0.471. The number of methoxy groups -OCH3 is 1. The lowest BCUT2D eigenvalue weighted by molar-refractivity contribution is -0.140. The molecule has 0 fully saturated rings. The normalized spacial score (nSPS) is 9.96. The van der Waals surface area contributed by atoms with Crippen LogP contribution in [0.25, 0.3) is 0 Å². The Kier molecular flexibility index (Phi) is 8.78. The minimum atomic E-state index is -0.170. The maximum absolute atomic E-state index is 11.8. The molecule has 1 rings (SSSR count). The first-order valence-corrected chi connectivity index (χ1v) is 8.28. The van der Waals surface area contributed by atoms with Crippen molar-refractivity contribution in [3.63, 3.8) is 0 Å². The van der Waals surface area contributed by atoms with Gasteiger partial charge >= 0.3 is 5.97 Å². The SMILES string of the molecule is COC(=O)CCCCCNC(=S)Nc1ccc(C(=O)N(C)C)cc1. The van der Waals surface area contributed by atoms with Crippen LogP contribution in [-0.4, -0.2) is 49.6 Å². The summed E-state index contributed by atoms with van der Waals surface area (Å²) >= 11 is 5.23. The van der Waals surface area contributed by atoms with Crippen LogP contribution in [0.1, 0.15) is 36.0 Å². The molecule has 24 heavy (non-hydrogen) atoms. The Bertz CT molecular complexity index is 559. The highest BCUT2D eigenvalue weighted by atomic mass is 32.1. The number of anilines is 1. The van der Waals surface area contributed by atoms with Crippen molar-refractivity contribution in [1.82, 2.24) is 10.2 Å². The van der Waals surface area contributed by atoms with Gasteiger partial charge in [-0.15, -0.1) is 0 Å². The molecule has 0 aliphatic rings. The van der Waals surface area contributed by atoms with Crippen molar-refractivity contribution < 1.29 is 14.3 Å². The number of rotatable bonds is 8. The standard InChI is InChI=1S/C17H25N3O3S/c1-20(2)16(22)13-8-10-14(11-9-13)19-17(24)18-12-6-4-5-7-15(21)23-3/h8-11H,4-7,12H2,1-3H3,(H2,18,19,24). The van der Waals surface area contributed by atoms with Crippen molar-refractivity contribution in [2.24, 2.45) is 0 Å². The average Bonchev–Trinajstić information content (AvgIpc) is 2.57. The molecule has 0 saturated carbocycles. The number of benzene rings is 1. The van der Waals surface area contributed by atoms with Crippen LogP contribution in [0.2, 0.25) is 0 Å². The van der Waals surface area contributed by atoms with Gasteiger partial charge < -0.3 is 20.3 Å². The molecule has 0 aliphatic carbocycles. The topological polar surface area (TPSA) is 70.7 Å². The van der Waals surface area contributed by atoms with Crippen molar-refractivity contribution in [3.8, 4) is 0 Å². The van der Waals surface area contributed by atoms with E-state index in [-0.39, 0.29) is 11.9 Å². The van der Waals surface area contributed by atoms with Crippen LogP contribution in [-0.2, 0) is 9.53 Å². The van der Waals surface area contributed by atoms with E-state index in [0.29, 0.717) is 17.1 Å². The van der Waals surface area contributed by atoms with E-state index in [9.17, 15) is 9.59 Å². The lowest BCUT2D eigenvalue weighted by atomic mass is 10.2. The summed E-state index contributed by atoms with van der Waals surface area (Å²) in [6.07, 6.45) is 3.13. The number of hydrogen-bond donors (Lipinski definition) is 2. The molecule has 0 aromatic heterocycles. The molecule has 0 aliphatic heterocycles. The Labute approximate surface area is 148 Å². The van der Waals surface area contributed by atoms with Crippen molar-refractivity contribution in [2.75, 3.05) is 33.1 Å². The smallest absolute Gasteiger partial charge is 0.305 e. The summed E-state index contributed by atoms with van der Waals surface area (Å²) in [5.74, 6) is -0.203. The molecule has 0 bridgehead atoms. The van der Waals surface area contributed by atoms with E-state index in [4.69, 9.17) is 12.2 Å². The summed E-state index contributed by atoms with van der Waals surface area (Å²) in [5.41, 5.74) is 1.46. The predicted octanol–water partition coefficient (Wildman–Crippen LogP) is 2.41. The molecule has 2 N–H and O–H groups in total. The van der Waals surface area contributed by atoms with E-state index in [2.05, 4.69) is 15.4 Å². The number of carbonyl (C=O) groups excluding carboxylic acids is 2. The average molecular weight is 351 g/mol. The second-order valence-electron chi connectivity index (χ2n) is 5.54. The Morgan fingerprint density at radius 1 is 1.12 bits per heavy atom. The molecule has 0 saturated heterocycles. The van der Waals surface area contributed by atoms with E-state index in [1.54, 1.807) is 26.2 Å². The van der Waals surface area contributed by atoms with Gasteiger partial charge in [0.15, 0.2) is 5.11 Å². The van der Waals surface area contributed by atoms with Crippen LogP contribution in [0, 0.1) is 0 Å². The molecule has 1 aromatic rings. The van der Waals surface area contributed by atoms with E-state index < -0.39 is 0 Å². The fourth-order valence-electron chi connectivity index (χ4n) is 2.00. The van der Waals surface area contributed by atoms with Crippen molar-refractivity contribution in [2.45, 2.75) is 25.7 Å². The lowest BCUT2D eigenvalue weighted by Gasteiger charge is -2.12. The number of ether oxygens (including phenoxy) is 1. The number of nitrogens with one attached hydrogen (secondary N) is 2. The van der Waals surface area contributed by atoms with E-state index >= 15 is 0 Å². The van der Waals surface area contributed by atoms with Crippen LogP contribution in [0.15, 0.2) is 24.3 Å². The first kappa shape index (κ1) is 19.9. The minimum Gasteiger partial charge on any atom is -0.469 e. The molecule has 0 radical (unpaired) electrons. The summed E-state index contributed by atoms with van der Waals surface area (Å²) in [5, 5.41) is 6.73. The third-order valence-corrected chi connectivity index (χ3v) is 3.61. The van der Waals surface area contributed by atoms with Crippen molar-refractivity contribution >= 4 is 34.9 Å². The van der Waals surface area contributed by atoms with E-state index in [0.717, 1.165) is 31.5 Å². The second kappa shape index (κ2) is 10.6. The summed E-state index contributed by atoms with van der Waals surface area (Å²) in [6.45, 7) is 0.740. The molecule has 0 unspecified atom stereocenters. The Balaban J connectivity index is 2.25. The zero-order chi connectivity index (χ0) is 17.9. The summed E-state index contributed by atoms with van der Waals surface area (Å²) in [7, 11) is 4.84. The highest BCUT2D eigenvalue weighted by molar-refractivity contribution is 7.80. The highest BCUT2D eigenvalue weighted by Crippen LogP contribution is 2.10. The van der Waals surface area contributed by atoms with Gasteiger partial charge in [-0.2, -0.15) is 0 Å². The molecule has 0 spiro atoms. The predicted molar refractivity (Wildman–Crippen MR) is 99.2 cm³/mol. The molecule has 0 atom stereocenters. The van der Waals surface area contributed by atoms with Crippen molar-refractivity contribution in [1.29, 1.82) is 0 Å². The number of thiocarbonyl (C=S) groups is 1. The van der Waals surface area contributed by atoms with Crippen LogP contribution < -0.4 is 10.6 Å². The second-order valence-corrected chi connectivity index (χ2v) is 5.95. The molecule has 6 nitrogen and oxygen atoms in total. The first-order valence-electron chi connectivity index (χ1n) is 7.87. The quantitative estimate of drug-likeness (QED) is 0.426. The van der Waals surface area contributed by atoms with Gasteiger partial charge in [0.25, 0.3) is 5.91 Å². The summed E-state index contributed by atoms with van der Waals surface area (Å²) in [4.78, 5) is 24.3. The number of esters is 1. The monoisotopic (exact) mass is 351 g/mol. The molecule has 132 valence electrons. The van der Waals surface area contributed by atoms with Crippen LogP contribution in [0.3, 0.4) is 0 Å².